The lowest BCUT2D eigenvalue weighted by molar-refractivity contribution is 0.673. The third-order valence-electron chi connectivity index (χ3n) is 8.94. The fourth-order valence-corrected chi connectivity index (χ4v) is 8.16. The zero-order valence-corrected chi connectivity index (χ0v) is 24.8. The van der Waals surface area contributed by atoms with Gasteiger partial charge in [-0.05, 0) is 24.6 Å². The number of hydrogen-bond donors (Lipinski definition) is 0. The van der Waals surface area contributed by atoms with Gasteiger partial charge in [-0.3, -0.25) is 4.57 Å². The van der Waals surface area contributed by atoms with Crippen LogP contribution in [-0.2, 0) is 0 Å². The van der Waals surface area contributed by atoms with Crippen molar-refractivity contribution < 1.29 is 4.42 Å². The number of aromatic nitrogens is 4. The van der Waals surface area contributed by atoms with Crippen molar-refractivity contribution in [2.75, 3.05) is 0 Å². The molecule has 0 N–H and O–H groups in total. The lowest BCUT2D eigenvalue weighted by Crippen LogP contribution is -2.11. The molecule has 0 fully saturated rings. The first kappa shape index (κ1) is 24.8. The molecule has 0 radical (unpaired) electrons. The van der Waals surface area contributed by atoms with Crippen LogP contribution in [0, 0.1) is 0 Å². The summed E-state index contributed by atoms with van der Waals surface area (Å²) in [6.45, 7) is 0. The Balaban J connectivity index is 1.43. The van der Waals surface area contributed by atoms with Crippen molar-refractivity contribution in [3.05, 3.63) is 133 Å². The summed E-state index contributed by atoms with van der Waals surface area (Å²) < 4.78 is 11.3. The largest absolute Gasteiger partial charge is 0.455 e. The molecule has 1 atom stereocenters. The maximum absolute atomic E-state index is 6.69. The highest BCUT2D eigenvalue weighted by Gasteiger charge is 2.27. The number of allylic oxidation sites excluding steroid dienone is 4. The van der Waals surface area contributed by atoms with Crippen LogP contribution in [0.25, 0.3) is 81.3 Å². The minimum absolute atomic E-state index is 0.0684. The fraction of sp³-hybridized carbons (Fsp3) is 0.0513. The average Bonchev–Trinajstić information content (AvgIpc) is 3.79. The number of thiophene rings is 1. The molecule has 0 amide bonds. The SMILES string of the molecule is C1=CCC(c2nc(-c3ccccc3)nc(-n3c4ccccc4c4c5c6ccccc6oc5c5sc6ccccc6c5c43)n2)C=C1. The van der Waals surface area contributed by atoms with Crippen molar-refractivity contribution in [1.29, 1.82) is 0 Å². The van der Waals surface area contributed by atoms with Gasteiger partial charge >= 0.3 is 0 Å². The summed E-state index contributed by atoms with van der Waals surface area (Å²) in [6, 6.07) is 35.8. The molecule has 0 bridgehead atoms. The maximum atomic E-state index is 6.69. The highest BCUT2D eigenvalue weighted by Crippen LogP contribution is 2.50. The standard InChI is InChI=1S/C39H24N4OS/c1-3-13-23(14-4-1)37-40-38(24-15-5-2-6-16-24)42-39(41-37)43-28-20-10-7-17-25(28)31-32-26-18-8-11-21-29(26)44-35(32)36-33(34(31)43)27-19-9-12-22-30(27)45-36/h1-15,17-22,24H,16H2. The zero-order chi connectivity index (χ0) is 29.5. The molecule has 0 saturated heterocycles. The van der Waals surface area contributed by atoms with Gasteiger partial charge in [0.2, 0.25) is 5.95 Å². The molecule has 0 saturated carbocycles. The Hall–Kier alpha value is -5.59. The fourth-order valence-electron chi connectivity index (χ4n) is 6.97. The second kappa shape index (κ2) is 9.45. The normalized spacial score (nSPS) is 15.1. The van der Waals surface area contributed by atoms with Crippen LogP contribution in [0.4, 0.5) is 0 Å². The van der Waals surface area contributed by atoms with Gasteiger partial charge in [0.05, 0.1) is 15.7 Å². The second-order valence-corrected chi connectivity index (χ2v) is 12.6. The van der Waals surface area contributed by atoms with Crippen LogP contribution < -0.4 is 0 Å². The average molecular weight is 597 g/mol. The molecule has 4 aromatic heterocycles. The highest BCUT2D eigenvalue weighted by atomic mass is 32.1. The van der Waals surface area contributed by atoms with Crippen molar-refractivity contribution in [2.24, 2.45) is 0 Å². The molecule has 0 aliphatic heterocycles. The molecular formula is C39H24N4OS. The lowest BCUT2D eigenvalue weighted by Gasteiger charge is -2.15. The Labute approximate surface area is 261 Å². The highest BCUT2D eigenvalue weighted by molar-refractivity contribution is 7.26. The molecule has 4 heterocycles. The first-order valence-corrected chi connectivity index (χ1v) is 16.0. The minimum atomic E-state index is 0.0684. The molecule has 6 heteroatoms. The monoisotopic (exact) mass is 596 g/mol. The van der Waals surface area contributed by atoms with Crippen molar-refractivity contribution in [2.45, 2.75) is 12.3 Å². The summed E-state index contributed by atoms with van der Waals surface area (Å²) in [7, 11) is 0. The van der Waals surface area contributed by atoms with E-state index in [2.05, 4.69) is 108 Å². The Kier molecular flexibility index (Phi) is 5.21. The van der Waals surface area contributed by atoms with Gasteiger partial charge in [-0.25, -0.2) is 4.98 Å². The van der Waals surface area contributed by atoms with Gasteiger partial charge in [0.1, 0.15) is 11.4 Å². The molecule has 5 aromatic carbocycles. The van der Waals surface area contributed by atoms with E-state index in [9.17, 15) is 0 Å². The predicted octanol–water partition coefficient (Wildman–Crippen LogP) is 10.5. The summed E-state index contributed by atoms with van der Waals surface area (Å²) in [4.78, 5) is 15.5. The molecule has 0 spiro atoms. The van der Waals surface area contributed by atoms with E-state index in [1.807, 2.05) is 24.3 Å². The summed E-state index contributed by atoms with van der Waals surface area (Å²) >= 11 is 1.78. The zero-order valence-electron chi connectivity index (χ0n) is 24.0. The molecule has 212 valence electrons. The number of hydrogen-bond acceptors (Lipinski definition) is 5. The summed E-state index contributed by atoms with van der Waals surface area (Å²) in [5.41, 5.74) is 4.94. The van der Waals surface area contributed by atoms with Gasteiger partial charge in [0, 0.05) is 48.5 Å². The van der Waals surface area contributed by atoms with Crippen LogP contribution in [0.15, 0.2) is 132 Å². The maximum Gasteiger partial charge on any atom is 0.238 e. The van der Waals surface area contributed by atoms with Crippen LogP contribution in [0.2, 0.25) is 0 Å². The van der Waals surface area contributed by atoms with E-state index in [-0.39, 0.29) is 5.92 Å². The number of rotatable bonds is 3. The smallest absolute Gasteiger partial charge is 0.238 e. The van der Waals surface area contributed by atoms with Crippen LogP contribution >= 0.6 is 11.3 Å². The number of benzene rings is 5. The van der Waals surface area contributed by atoms with Crippen molar-refractivity contribution >= 4 is 75.3 Å². The van der Waals surface area contributed by atoms with Gasteiger partial charge in [0.15, 0.2) is 11.4 Å². The van der Waals surface area contributed by atoms with E-state index < -0.39 is 0 Å². The van der Waals surface area contributed by atoms with Gasteiger partial charge < -0.3 is 4.42 Å². The molecule has 9 aromatic rings. The Morgan fingerprint density at radius 2 is 1.47 bits per heavy atom. The molecule has 1 unspecified atom stereocenters. The van der Waals surface area contributed by atoms with Crippen molar-refractivity contribution in [3.8, 4) is 17.3 Å². The van der Waals surface area contributed by atoms with E-state index in [1.165, 1.54) is 10.1 Å². The summed E-state index contributed by atoms with van der Waals surface area (Å²) in [5.74, 6) is 2.13. The van der Waals surface area contributed by atoms with Gasteiger partial charge in [-0.1, -0.05) is 109 Å². The van der Waals surface area contributed by atoms with E-state index >= 15 is 0 Å². The minimum Gasteiger partial charge on any atom is -0.455 e. The third-order valence-corrected chi connectivity index (χ3v) is 10.1. The van der Waals surface area contributed by atoms with Crippen LogP contribution in [-0.4, -0.2) is 19.5 Å². The topological polar surface area (TPSA) is 56.7 Å². The first-order valence-electron chi connectivity index (χ1n) is 15.2. The Morgan fingerprint density at radius 1 is 0.689 bits per heavy atom. The summed E-state index contributed by atoms with van der Waals surface area (Å²) in [5, 5.41) is 6.91. The number of fused-ring (bicyclic) bond motifs is 12. The van der Waals surface area contributed by atoms with E-state index in [1.54, 1.807) is 11.3 Å². The molecular weight excluding hydrogens is 573 g/mol. The van der Waals surface area contributed by atoms with Crippen LogP contribution in [0.1, 0.15) is 18.2 Å². The van der Waals surface area contributed by atoms with Gasteiger partial charge in [-0.15, -0.1) is 11.3 Å². The number of para-hydroxylation sites is 2. The van der Waals surface area contributed by atoms with Crippen molar-refractivity contribution in [1.82, 2.24) is 19.5 Å². The molecule has 5 nitrogen and oxygen atoms in total. The first-order chi connectivity index (χ1) is 22.3. The van der Waals surface area contributed by atoms with E-state index in [0.29, 0.717) is 11.8 Å². The van der Waals surface area contributed by atoms with Crippen LogP contribution in [0.5, 0.6) is 0 Å². The second-order valence-electron chi connectivity index (χ2n) is 11.5. The Bertz CT molecular complexity index is 2690. The molecule has 45 heavy (non-hydrogen) atoms. The molecule has 1 aliphatic carbocycles. The number of furan rings is 1. The molecule has 10 rings (SSSR count). The quantitative estimate of drug-likeness (QED) is 0.204. The molecule has 1 aliphatic rings. The van der Waals surface area contributed by atoms with Gasteiger partial charge in [0.25, 0.3) is 0 Å². The van der Waals surface area contributed by atoms with Crippen molar-refractivity contribution in [3.63, 3.8) is 0 Å². The van der Waals surface area contributed by atoms with Gasteiger partial charge in [-0.2, -0.15) is 9.97 Å². The van der Waals surface area contributed by atoms with E-state index in [4.69, 9.17) is 19.4 Å². The third kappa shape index (κ3) is 3.57. The lowest BCUT2D eigenvalue weighted by atomic mass is 10.00. The van der Waals surface area contributed by atoms with Crippen LogP contribution in [0.3, 0.4) is 0 Å². The predicted molar refractivity (Wildman–Crippen MR) is 185 cm³/mol. The van der Waals surface area contributed by atoms with E-state index in [0.717, 1.165) is 71.6 Å². The Morgan fingerprint density at radius 3 is 2.33 bits per heavy atom. The summed E-state index contributed by atoms with van der Waals surface area (Å²) in [6.07, 6.45) is 9.39. The number of nitrogens with zero attached hydrogens (tertiary/aromatic N) is 4.